The number of aliphatic hydroxyl groups is 1. The van der Waals surface area contributed by atoms with E-state index in [1.165, 1.54) is 6.92 Å². The molecule has 0 aliphatic rings. The number of nitrogens with one attached hydrogen (secondary N) is 1. The van der Waals surface area contributed by atoms with Crippen LogP contribution < -0.4 is 10.5 Å². The topological polar surface area (TPSA) is 92.4 Å². The van der Waals surface area contributed by atoms with Gasteiger partial charge in [-0.15, -0.1) is 0 Å². The van der Waals surface area contributed by atoms with Gasteiger partial charge in [-0.1, -0.05) is 11.6 Å². The summed E-state index contributed by atoms with van der Waals surface area (Å²) in [4.78, 5) is -0.624. The highest BCUT2D eigenvalue weighted by atomic mass is 79.9. The summed E-state index contributed by atoms with van der Waals surface area (Å²) in [5, 5.41) is 9.21. The SMILES string of the molecule is CC(O)CC(C)NS(=O)(=O)c1cc(Cl)c(Br)c(N)c1F. The summed E-state index contributed by atoms with van der Waals surface area (Å²) in [6, 6.07) is 0.414. The molecule has 0 saturated heterocycles. The molecule has 2 atom stereocenters. The van der Waals surface area contributed by atoms with E-state index in [4.69, 9.17) is 17.3 Å². The Morgan fingerprint density at radius 1 is 1.55 bits per heavy atom. The minimum absolute atomic E-state index is 0.00699. The molecule has 0 saturated carbocycles. The molecule has 114 valence electrons. The molecule has 1 aromatic rings. The van der Waals surface area contributed by atoms with Crippen LogP contribution in [-0.4, -0.2) is 25.7 Å². The van der Waals surface area contributed by atoms with Crippen molar-refractivity contribution < 1.29 is 17.9 Å². The predicted octanol–water partition coefficient (Wildman–Crippen LogP) is 2.26. The molecule has 0 heterocycles. The zero-order valence-corrected chi connectivity index (χ0v) is 14.0. The Morgan fingerprint density at radius 3 is 2.60 bits per heavy atom. The molecule has 0 amide bonds. The van der Waals surface area contributed by atoms with Crippen LogP contribution in [-0.2, 0) is 10.0 Å². The Hall–Kier alpha value is -0.410. The lowest BCUT2D eigenvalue weighted by molar-refractivity contribution is 0.175. The summed E-state index contributed by atoms with van der Waals surface area (Å²) in [5.41, 5.74) is 5.08. The van der Waals surface area contributed by atoms with Crippen molar-refractivity contribution in [2.24, 2.45) is 0 Å². The van der Waals surface area contributed by atoms with Crippen LogP contribution in [0.25, 0.3) is 0 Å². The highest BCUT2D eigenvalue weighted by Crippen LogP contribution is 2.34. The maximum absolute atomic E-state index is 14.0. The number of aliphatic hydroxyl groups excluding tert-OH is 1. The van der Waals surface area contributed by atoms with Gasteiger partial charge in [-0.05, 0) is 42.3 Å². The number of sulfonamides is 1. The van der Waals surface area contributed by atoms with Crippen molar-refractivity contribution in [3.05, 3.63) is 21.4 Å². The van der Waals surface area contributed by atoms with Gasteiger partial charge in [-0.2, -0.15) is 0 Å². The second-order valence-electron chi connectivity index (χ2n) is 4.51. The molecule has 0 bridgehead atoms. The maximum atomic E-state index is 14.0. The quantitative estimate of drug-likeness (QED) is 0.532. The van der Waals surface area contributed by atoms with E-state index in [9.17, 15) is 17.9 Å². The molecule has 1 rings (SSSR count). The average Bonchev–Trinajstić information content (AvgIpc) is 2.29. The molecule has 5 nitrogen and oxygen atoms in total. The summed E-state index contributed by atoms with van der Waals surface area (Å²) in [6.07, 6.45) is -0.489. The molecule has 2 unspecified atom stereocenters. The third-order valence-electron chi connectivity index (χ3n) is 2.50. The Labute approximate surface area is 130 Å². The molecule has 0 aliphatic heterocycles. The number of anilines is 1. The van der Waals surface area contributed by atoms with Gasteiger partial charge in [0.25, 0.3) is 0 Å². The molecule has 9 heteroatoms. The summed E-state index contributed by atoms with van der Waals surface area (Å²) in [7, 11) is -4.12. The zero-order valence-electron chi connectivity index (χ0n) is 10.8. The van der Waals surface area contributed by atoms with Gasteiger partial charge in [0.15, 0.2) is 5.82 Å². The van der Waals surface area contributed by atoms with Crippen LogP contribution in [0.15, 0.2) is 15.4 Å². The third-order valence-corrected chi connectivity index (χ3v) is 5.47. The van der Waals surface area contributed by atoms with Crippen molar-refractivity contribution in [2.45, 2.75) is 37.3 Å². The Balaban J connectivity index is 3.17. The molecule has 0 aliphatic carbocycles. The number of benzene rings is 1. The number of rotatable bonds is 5. The predicted molar refractivity (Wildman–Crippen MR) is 79.6 cm³/mol. The van der Waals surface area contributed by atoms with E-state index in [0.717, 1.165) is 6.07 Å². The number of nitrogens with two attached hydrogens (primary N) is 1. The lowest BCUT2D eigenvalue weighted by Gasteiger charge is -2.17. The lowest BCUT2D eigenvalue weighted by atomic mass is 10.2. The zero-order chi connectivity index (χ0) is 15.7. The molecular formula is C11H15BrClFN2O3S. The fourth-order valence-corrected chi connectivity index (χ4v) is 3.62. The van der Waals surface area contributed by atoms with Gasteiger partial charge in [0.2, 0.25) is 10.0 Å². The smallest absolute Gasteiger partial charge is 0.243 e. The Kier molecular flexibility index (Phi) is 5.79. The number of nitrogen functional groups attached to an aromatic ring is 1. The fraction of sp³-hybridized carbons (Fsp3) is 0.455. The van der Waals surface area contributed by atoms with E-state index in [2.05, 4.69) is 20.7 Å². The highest BCUT2D eigenvalue weighted by Gasteiger charge is 2.25. The van der Waals surface area contributed by atoms with Crippen LogP contribution in [0.2, 0.25) is 5.02 Å². The van der Waals surface area contributed by atoms with Crippen molar-refractivity contribution in [1.82, 2.24) is 4.72 Å². The summed E-state index contributed by atoms with van der Waals surface area (Å²) in [5.74, 6) is -1.07. The first-order chi connectivity index (χ1) is 9.06. The van der Waals surface area contributed by atoms with E-state index in [1.54, 1.807) is 6.92 Å². The van der Waals surface area contributed by atoms with Gasteiger partial charge in [0, 0.05) is 6.04 Å². The minimum atomic E-state index is -4.12. The maximum Gasteiger partial charge on any atom is 0.243 e. The van der Waals surface area contributed by atoms with Gasteiger partial charge < -0.3 is 10.8 Å². The summed E-state index contributed by atoms with van der Waals surface area (Å²) in [6.45, 7) is 3.09. The average molecular weight is 390 g/mol. The second kappa shape index (κ2) is 6.57. The third kappa shape index (κ3) is 4.05. The first-order valence-corrected chi connectivity index (χ1v) is 8.35. The number of halogens is 3. The van der Waals surface area contributed by atoms with Crippen LogP contribution in [0.3, 0.4) is 0 Å². The number of hydrogen-bond donors (Lipinski definition) is 3. The Bertz CT molecular complexity index is 610. The van der Waals surface area contributed by atoms with Gasteiger partial charge in [0.05, 0.1) is 21.3 Å². The van der Waals surface area contributed by atoms with Crippen molar-refractivity contribution in [1.29, 1.82) is 0 Å². The molecule has 4 N–H and O–H groups in total. The van der Waals surface area contributed by atoms with Crippen molar-refractivity contribution in [3.8, 4) is 0 Å². The standard InChI is InChI=1S/C11H15BrClFN2O3S/c1-5(3-6(2)17)16-20(18,19)8-4-7(13)9(12)11(15)10(8)14/h4-6,16-17H,3,15H2,1-2H3. The van der Waals surface area contributed by atoms with Gasteiger partial charge in [-0.25, -0.2) is 17.5 Å². The molecular weight excluding hydrogens is 375 g/mol. The first kappa shape index (κ1) is 17.6. The molecule has 20 heavy (non-hydrogen) atoms. The van der Waals surface area contributed by atoms with Crippen LogP contribution in [0, 0.1) is 5.82 Å². The molecule has 1 aromatic carbocycles. The summed E-state index contributed by atoms with van der Waals surface area (Å²) >= 11 is 8.76. The van der Waals surface area contributed by atoms with Crippen LogP contribution in [0.5, 0.6) is 0 Å². The van der Waals surface area contributed by atoms with Gasteiger partial charge in [0.1, 0.15) is 4.90 Å². The van der Waals surface area contributed by atoms with Crippen LogP contribution in [0.4, 0.5) is 10.1 Å². The van der Waals surface area contributed by atoms with E-state index in [-0.39, 0.29) is 21.6 Å². The van der Waals surface area contributed by atoms with E-state index >= 15 is 0 Å². The van der Waals surface area contributed by atoms with Crippen LogP contribution >= 0.6 is 27.5 Å². The van der Waals surface area contributed by atoms with E-state index in [1.807, 2.05) is 0 Å². The normalized spacial score (nSPS) is 15.1. The monoisotopic (exact) mass is 388 g/mol. The van der Waals surface area contributed by atoms with E-state index < -0.39 is 32.9 Å². The van der Waals surface area contributed by atoms with Crippen molar-refractivity contribution in [2.75, 3.05) is 5.73 Å². The number of hydrogen-bond acceptors (Lipinski definition) is 4. The summed E-state index contributed by atoms with van der Waals surface area (Å²) < 4.78 is 40.5. The van der Waals surface area contributed by atoms with Crippen molar-refractivity contribution >= 4 is 43.2 Å². The first-order valence-electron chi connectivity index (χ1n) is 5.69. The highest BCUT2D eigenvalue weighted by molar-refractivity contribution is 9.10. The molecule has 0 radical (unpaired) electrons. The van der Waals surface area contributed by atoms with Crippen LogP contribution in [0.1, 0.15) is 20.3 Å². The van der Waals surface area contributed by atoms with Gasteiger partial charge >= 0.3 is 0 Å². The molecule has 0 fully saturated rings. The van der Waals surface area contributed by atoms with E-state index in [0.29, 0.717) is 0 Å². The lowest BCUT2D eigenvalue weighted by Crippen LogP contribution is -2.35. The Morgan fingerprint density at radius 2 is 2.10 bits per heavy atom. The minimum Gasteiger partial charge on any atom is -0.395 e. The largest absolute Gasteiger partial charge is 0.395 e. The molecule has 0 spiro atoms. The van der Waals surface area contributed by atoms with Crippen molar-refractivity contribution in [3.63, 3.8) is 0 Å². The molecule has 0 aromatic heterocycles. The fourth-order valence-electron chi connectivity index (χ4n) is 1.68. The van der Waals surface area contributed by atoms with Gasteiger partial charge in [-0.3, -0.25) is 0 Å². The second-order valence-corrected chi connectivity index (χ2v) is 7.39.